The molecule has 1 aromatic heterocycles. The van der Waals surface area contributed by atoms with Crippen molar-refractivity contribution in [2.75, 3.05) is 5.32 Å². The molecule has 0 saturated carbocycles. The summed E-state index contributed by atoms with van der Waals surface area (Å²) in [7, 11) is 0. The van der Waals surface area contributed by atoms with Crippen molar-refractivity contribution in [1.29, 1.82) is 0 Å². The van der Waals surface area contributed by atoms with Gasteiger partial charge in [0.2, 0.25) is 11.2 Å². The van der Waals surface area contributed by atoms with Gasteiger partial charge in [-0.1, -0.05) is 67.6 Å². The number of hydrogen-bond acceptors (Lipinski definition) is 4. The van der Waals surface area contributed by atoms with Gasteiger partial charge in [-0.3, -0.25) is 9.59 Å². The highest BCUT2D eigenvalue weighted by Crippen LogP contribution is 2.31. The molecule has 1 heterocycles. The van der Waals surface area contributed by atoms with Crippen LogP contribution in [0.15, 0.2) is 94.1 Å². The Morgan fingerprint density at radius 3 is 2.27 bits per heavy atom. The first-order chi connectivity index (χ1) is 14.7. The molecule has 0 aliphatic heterocycles. The zero-order chi connectivity index (χ0) is 20.9. The van der Waals surface area contributed by atoms with Crippen LogP contribution in [0.4, 0.5) is 5.69 Å². The molecule has 0 bridgehead atoms. The van der Waals surface area contributed by atoms with Crippen LogP contribution in [0.2, 0.25) is 0 Å². The molecule has 150 valence electrons. The maximum atomic E-state index is 13.2. The summed E-state index contributed by atoms with van der Waals surface area (Å²) in [5.74, 6) is 0.0236. The average molecular weight is 399 g/mol. The lowest BCUT2D eigenvalue weighted by Crippen LogP contribution is -2.34. The smallest absolute Gasteiger partial charge is 0.265 e. The lowest BCUT2D eigenvalue weighted by atomic mass is 10.1. The van der Waals surface area contributed by atoms with Crippen LogP contribution in [0.3, 0.4) is 0 Å². The zero-order valence-corrected chi connectivity index (χ0v) is 16.5. The van der Waals surface area contributed by atoms with Crippen LogP contribution in [-0.4, -0.2) is 12.0 Å². The number of para-hydroxylation sites is 2. The third-order valence-electron chi connectivity index (χ3n) is 4.76. The predicted molar refractivity (Wildman–Crippen MR) is 118 cm³/mol. The molecule has 0 aliphatic rings. The molecule has 1 unspecified atom stereocenters. The van der Waals surface area contributed by atoms with Gasteiger partial charge >= 0.3 is 0 Å². The van der Waals surface area contributed by atoms with Crippen molar-refractivity contribution in [3.8, 4) is 17.1 Å². The van der Waals surface area contributed by atoms with E-state index in [0.29, 0.717) is 34.4 Å². The van der Waals surface area contributed by atoms with E-state index in [1.54, 1.807) is 30.3 Å². The van der Waals surface area contributed by atoms with Gasteiger partial charge in [0.15, 0.2) is 11.9 Å². The van der Waals surface area contributed by atoms with Gasteiger partial charge in [0.1, 0.15) is 5.58 Å². The van der Waals surface area contributed by atoms with E-state index in [2.05, 4.69) is 5.32 Å². The number of hydrogen-bond donors (Lipinski definition) is 1. The molecule has 1 amide bonds. The van der Waals surface area contributed by atoms with E-state index in [1.807, 2.05) is 61.5 Å². The van der Waals surface area contributed by atoms with Crippen LogP contribution in [0, 0.1) is 0 Å². The Kier molecular flexibility index (Phi) is 5.61. The topological polar surface area (TPSA) is 68.5 Å². The first-order valence-corrected chi connectivity index (χ1v) is 9.81. The Morgan fingerprint density at radius 1 is 0.933 bits per heavy atom. The van der Waals surface area contributed by atoms with Gasteiger partial charge in [0.05, 0.1) is 5.39 Å². The summed E-state index contributed by atoms with van der Waals surface area (Å²) >= 11 is 0. The summed E-state index contributed by atoms with van der Waals surface area (Å²) in [5, 5.41) is 3.24. The summed E-state index contributed by atoms with van der Waals surface area (Å²) in [6.45, 7) is 1.83. The lowest BCUT2D eigenvalue weighted by molar-refractivity contribution is -0.122. The van der Waals surface area contributed by atoms with Gasteiger partial charge in [-0.25, -0.2) is 0 Å². The number of rotatable bonds is 6. The van der Waals surface area contributed by atoms with E-state index >= 15 is 0 Å². The highest BCUT2D eigenvalue weighted by atomic mass is 16.5. The van der Waals surface area contributed by atoms with Gasteiger partial charge in [-0.05, 0) is 30.7 Å². The van der Waals surface area contributed by atoms with Crippen molar-refractivity contribution in [2.45, 2.75) is 19.4 Å². The maximum Gasteiger partial charge on any atom is 0.265 e. The van der Waals surface area contributed by atoms with Gasteiger partial charge in [-0.2, -0.15) is 0 Å². The fourth-order valence-corrected chi connectivity index (χ4v) is 3.22. The summed E-state index contributed by atoms with van der Waals surface area (Å²) in [6.07, 6.45) is -0.462. The normalized spacial score (nSPS) is 11.8. The Balaban J connectivity index is 1.75. The third kappa shape index (κ3) is 3.96. The number of amides is 1. The van der Waals surface area contributed by atoms with Crippen LogP contribution in [0.25, 0.3) is 22.3 Å². The number of anilines is 1. The van der Waals surface area contributed by atoms with E-state index in [-0.39, 0.29) is 17.1 Å². The van der Waals surface area contributed by atoms with E-state index < -0.39 is 6.10 Å². The fourth-order valence-electron chi connectivity index (χ4n) is 3.22. The first-order valence-electron chi connectivity index (χ1n) is 9.81. The van der Waals surface area contributed by atoms with Crippen molar-refractivity contribution in [2.24, 2.45) is 0 Å². The number of benzene rings is 3. The molecule has 0 saturated heterocycles. The average Bonchev–Trinajstić information content (AvgIpc) is 2.79. The second-order valence-electron chi connectivity index (χ2n) is 6.82. The SMILES string of the molecule is CCC(Oc1c(-c2ccccc2)oc2ccccc2c1=O)C(=O)Nc1ccccc1. The van der Waals surface area contributed by atoms with Crippen LogP contribution in [-0.2, 0) is 4.79 Å². The molecule has 5 heteroatoms. The maximum absolute atomic E-state index is 13.2. The number of carbonyl (C=O) groups is 1. The molecule has 1 atom stereocenters. The van der Waals surface area contributed by atoms with Gasteiger partial charge in [0, 0.05) is 11.3 Å². The van der Waals surface area contributed by atoms with Crippen LogP contribution in [0.1, 0.15) is 13.3 Å². The van der Waals surface area contributed by atoms with Crippen molar-refractivity contribution >= 4 is 22.6 Å². The summed E-state index contributed by atoms with van der Waals surface area (Å²) < 4.78 is 12.1. The van der Waals surface area contributed by atoms with Gasteiger partial charge in [0.25, 0.3) is 5.91 Å². The second kappa shape index (κ2) is 8.66. The van der Waals surface area contributed by atoms with E-state index in [4.69, 9.17) is 9.15 Å². The molecule has 4 rings (SSSR count). The highest BCUT2D eigenvalue weighted by molar-refractivity contribution is 5.94. The third-order valence-corrected chi connectivity index (χ3v) is 4.76. The predicted octanol–water partition coefficient (Wildman–Crippen LogP) is 5.26. The quantitative estimate of drug-likeness (QED) is 0.480. The molecule has 0 radical (unpaired) electrons. The van der Waals surface area contributed by atoms with Crippen molar-refractivity contribution in [3.63, 3.8) is 0 Å². The van der Waals surface area contributed by atoms with Crippen molar-refractivity contribution in [3.05, 3.63) is 95.2 Å². The number of fused-ring (bicyclic) bond motifs is 1. The van der Waals surface area contributed by atoms with Gasteiger partial charge in [-0.15, -0.1) is 0 Å². The minimum absolute atomic E-state index is 0.0370. The van der Waals surface area contributed by atoms with Crippen molar-refractivity contribution in [1.82, 2.24) is 0 Å². The largest absolute Gasteiger partial charge is 0.473 e. The minimum Gasteiger partial charge on any atom is -0.473 e. The van der Waals surface area contributed by atoms with Crippen LogP contribution >= 0.6 is 0 Å². The molecule has 0 aliphatic carbocycles. The fraction of sp³-hybridized carbons (Fsp3) is 0.120. The summed E-state index contributed by atoms with van der Waals surface area (Å²) in [4.78, 5) is 26.0. The molecular weight excluding hydrogens is 378 g/mol. The lowest BCUT2D eigenvalue weighted by Gasteiger charge is -2.19. The van der Waals surface area contributed by atoms with E-state index in [1.165, 1.54) is 0 Å². The Labute approximate surface area is 173 Å². The van der Waals surface area contributed by atoms with E-state index in [9.17, 15) is 9.59 Å². The number of carbonyl (C=O) groups excluding carboxylic acids is 1. The molecular formula is C25H21NO4. The summed E-state index contributed by atoms with van der Waals surface area (Å²) in [6, 6.07) is 25.4. The Bertz CT molecular complexity index is 1220. The number of nitrogens with one attached hydrogen (secondary N) is 1. The first kappa shape index (κ1) is 19.5. The van der Waals surface area contributed by atoms with E-state index in [0.717, 1.165) is 0 Å². The second-order valence-corrected chi connectivity index (χ2v) is 6.82. The van der Waals surface area contributed by atoms with Gasteiger partial charge < -0.3 is 14.5 Å². The Morgan fingerprint density at radius 2 is 1.57 bits per heavy atom. The minimum atomic E-state index is -0.850. The van der Waals surface area contributed by atoms with Crippen LogP contribution in [0.5, 0.6) is 5.75 Å². The molecule has 0 fully saturated rings. The van der Waals surface area contributed by atoms with Crippen LogP contribution < -0.4 is 15.5 Å². The standard InChI is InChI=1S/C25H21NO4/c1-2-20(25(28)26-18-13-7-4-8-14-18)29-24-22(27)19-15-9-10-16-21(19)30-23(24)17-11-5-3-6-12-17/h3-16,20H,2H2,1H3,(H,26,28). The molecule has 0 spiro atoms. The molecule has 30 heavy (non-hydrogen) atoms. The monoisotopic (exact) mass is 399 g/mol. The Hall–Kier alpha value is -3.86. The summed E-state index contributed by atoms with van der Waals surface area (Å²) in [5.41, 5.74) is 1.53. The van der Waals surface area contributed by atoms with Crippen molar-refractivity contribution < 1.29 is 13.9 Å². The molecule has 1 N–H and O–H groups in total. The highest BCUT2D eigenvalue weighted by Gasteiger charge is 2.24. The molecule has 5 nitrogen and oxygen atoms in total. The molecule has 3 aromatic carbocycles. The zero-order valence-electron chi connectivity index (χ0n) is 16.5. The number of ether oxygens (including phenoxy) is 1. The molecule has 4 aromatic rings.